The average molecular weight is 319 g/mol. The highest BCUT2D eigenvalue weighted by Gasteiger charge is 2.32. The highest BCUT2D eigenvalue weighted by Crippen LogP contribution is 2.29. The van der Waals surface area contributed by atoms with E-state index in [1.54, 1.807) is 24.4 Å². The number of methoxy groups -OCH3 is 1. The lowest BCUT2D eigenvalue weighted by atomic mass is 9.94. The molecule has 1 fully saturated rings. The summed E-state index contributed by atoms with van der Waals surface area (Å²) in [6.45, 7) is 0.387. The van der Waals surface area contributed by atoms with Gasteiger partial charge in [0.1, 0.15) is 12.2 Å². The van der Waals surface area contributed by atoms with Crippen LogP contribution >= 0.6 is 0 Å². The molecule has 2 aromatic heterocycles. The van der Waals surface area contributed by atoms with Crippen molar-refractivity contribution in [2.24, 2.45) is 5.73 Å². The van der Waals surface area contributed by atoms with E-state index in [-0.39, 0.29) is 6.04 Å². The molecule has 0 bridgehead atoms. The molecule has 0 spiro atoms. The first-order valence-electron chi connectivity index (χ1n) is 7.63. The molecule has 7 heteroatoms. The predicted octanol–water partition coefficient (Wildman–Crippen LogP) is 0.539. The van der Waals surface area contributed by atoms with Crippen molar-refractivity contribution in [2.45, 2.75) is 37.2 Å². The number of hydrogen-bond acceptors (Lipinski definition) is 7. The zero-order valence-corrected chi connectivity index (χ0v) is 12.9. The fourth-order valence-electron chi connectivity index (χ4n) is 2.83. The predicted molar refractivity (Wildman–Crippen MR) is 84.0 cm³/mol. The molecular weight excluding hydrogens is 298 g/mol. The van der Waals surface area contributed by atoms with Crippen molar-refractivity contribution in [3.05, 3.63) is 30.0 Å². The van der Waals surface area contributed by atoms with Gasteiger partial charge in [0.25, 0.3) is 0 Å². The average Bonchev–Trinajstić information content (AvgIpc) is 2.60. The van der Waals surface area contributed by atoms with E-state index in [9.17, 15) is 10.2 Å². The fraction of sp³-hybridized carbons (Fsp3) is 0.500. The van der Waals surface area contributed by atoms with Crippen LogP contribution in [0.15, 0.2) is 24.4 Å². The van der Waals surface area contributed by atoms with Gasteiger partial charge in [0.05, 0.1) is 30.9 Å². The van der Waals surface area contributed by atoms with E-state index in [1.165, 1.54) is 7.11 Å². The van der Waals surface area contributed by atoms with Crippen molar-refractivity contribution in [2.75, 3.05) is 13.7 Å². The molecular formula is C16H21N3O4. The lowest BCUT2D eigenvalue weighted by Gasteiger charge is -2.32. The fourth-order valence-corrected chi connectivity index (χ4v) is 2.83. The van der Waals surface area contributed by atoms with Crippen molar-refractivity contribution >= 4 is 11.0 Å². The van der Waals surface area contributed by atoms with Crippen LogP contribution in [0.3, 0.4) is 0 Å². The van der Waals surface area contributed by atoms with Crippen LogP contribution < -0.4 is 10.5 Å². The van der Waals surface area contributed by atoms with E-state index in [0.717, 1.165) is 6.42 Å². The van der Waals surface area contributed by atoms with E-state index in [2.05, 4.69) is 9.97 Å². The minimum Gasteiger partial charge on any atom is -0.481 e. The Morgan fingerprint density at radius 1 is 1.30 bits per heavy atom. The van der Waals surface area contributed by atoms with Gasteiger partial charge in [-0.05, 0) is 25.0 Å². The van der Waals surface area contributed by atoms with Crippen LogP contribution in [-0.4, -0.2) is 52.1 Å². The molecule has 0 aliphatic carbocycles. The molecule has 3 heterocycles. The van der Waals surface area contributed by atoms with E-state index in [4.69, 9.17) is 15.2 Å². The zero-order chi connectivity index (χ0) is 16.4. The van der Waals surface area contributed by atoms with Crippen LogP contribution in [0.4, 0.5) is 0 Å². The van der Waals surface area contributed by atoms with Crippen molar-refractivity contribution in [3.8, 4) is 5.88 Å². The maximum absolute atomic E-state index is 10.6. The number of rotatable bonds is 4. The van der Waals surface area contributed by atoms with Gasteiger partial charge in [0, 0.05) is 23.9 Å². The summed E-state index contributed by atoms with van der Waals surface area (Å²) in [5.41, 5.74) is 7.42. The SMILES string of the molecule is COc1ccc2nccc([C@H](O)C(O)C3CC[C@@H](N)CO3)c2n1. The highest BCUT2D eigenvalue weighted by atomic mass is 16.5. The number of nitrogens with two attached hydrogens (primary N) is 1. The van der Waals surface area contributed by atoms with E-state index < -0.39 is 18.3 Å². The molecule has 7 nitrogen and oxygen atoms in total. The Balaban J connectivity index is 1.89. The number of nitrogens with zero attached hydrogens (tertiary/aromatic N) is 2. The zero-order valence-electron chi connectivity index (χ0n) is 12.9. The second-order valence-corrected chi connectivity index (χ2v) is 5.77. The van der Waals surface area contributed by atoms with Gasteiger partial charge in [-0.1, -0.05) is 0 Å². The summed E-state index contributed by atoms with van der Waals surface area (Å²) in [6.07, 6.45) is 0.329. The lowest BCUT2D eigenvalue weighted by molar-refractivity contribution is -0.111. The number of aliphatic hydroxyl groups is 2. The van der Waals surface area contributed by atoms with Crippen LogP contribution in [0, 0.1) is 0 Å². The van der Waals surface area contributed by atoms with Gasteiger partial charge < -0.3 is 25.4 Å². The number of aromatic nitrogens is 2. The number of aliphatic hydroxyl groups excluding tert-OH is 2. The normalized spacial score (nSPS) is 24.3. The highest BCUT2D eigenvalue weighted by molar-refractivity contribution is 5.78. The standard InChI is InChI=1S/C16H21N3O4/c1-22-13-5-3-11-14(19-13)10(6-7-18-11)15(20)16(21)12-4-2-9(17)8-23-12/h3,5-7,9,12,15-16,20-21H,2,4,8,17H2,1H3/t9-,12?,15+,16?/m1/s1. The van der Waals surface area contributed by atoms with E-state index in [0.29, 0.717) is 35.5 Å². The summed E-state index contributed by atoms with van der Waals surface area (Å²) in [6, 6.07) is 5.10. The molecule has 23 heavy (non-hydrogen) atoms. The number of hydrogen-bond donors (Lipinski definition) is 3. The maximum atomic E-state index is 10.6. The summed E-state index contributed by atoms with van der Waals surface area (Å²) in [7, 11) is 1.52. The molecule has 1 saturated heterocycles. The van der Waals surface area contributed by atoms with Gasteiger partial charge in [-0.2, -0.15) is 0 Å². The van der Waals surface area contributed by atoms with Gasteiger partial charge in [0.2, 0.25) is 5.88 Å². The maximum Gasteiger partial charge on any atom is 0.213 e. The molecule has 0 aromatic carbocycles. The smallest absolute Gasteiger partial charge is 0.213 e. The molecule has 0 saturated carbocycles. The summed E-state index contributed by atoms with van der Waals surface area (Å²) in [4.78, 5) is 8.56. The van der Waals surface area contributed by atoms with Crippen molar-refractivity contribution in [1.82, 2.24) is 9.97 Å². The Bertz CT molecular complexity index is 673. The molecule has 3 rings (SSSR count). The Morgan fingerprint density at radius 2 is 2.13 bits per heavy atom. The Hall–Kier alpha value is -1.80. The molecule has 4 atom stereocenters. The van der Waals surface area contributed by atoms with Gasteiger partial charge in [0.15, 0.2) is 0 Å². The van der Waals surface area contributed by atoms with Gasteiger partial charge in [-0.3, -0.25) is 4.98 Å². The topological polar surface area (TPSA) is 111 Å². The third-order valence-electron chi connectivity index (χ3n) is 4.17. The van der Waals surface area contributed by atoms with Crippen LogP contribution in [0.5, 0.6) is 5.88 Å². The minimum atomic E-state index is -1.13. The quantitative estimate of drug-likeness (QED) is 0.754. The van der Waals surface area contributed by atoms with Gasteiger partial charge in [-0.25, -0.2) is 4.98 Å². The number of ether oxygens (including phenoxy) is 2. The molecule has 1 aliphatic heterocycles. The summed E-state index contributed by atoms with van der Waals surface area (Å²) in [5.74, 6) is 0.424. The Kier molecular flexibility index (Phi) is 4.72. The molecule has 0 amide bonds. The molecule has 2 aromatic rings. The van der Waals surface area contributed by atoms with Crippen LogP contribution in [-0.2, 0) is 4.74 Å². The van der Waals surface area contributed by atoms with E-state index in [1.807, 2.05) is 0 Å². The monoisotopic (exact) mass is 319 g/mol. The Labute approximate surface area is 134 Å². The lowest BCUT2D eigenvalue weighted by Crippen LogP contribution is -2.43. The second kappa shape index (κ2) is 6.76. The van der Waals surface area contributed by atoms with Crippen LogP contribution in [0.2, 0.25) is 0 Å². The summed E-state index contributed by atoms with van der Waals surface area (Å²) in [5, 5.41) is 21.1. The third kappa shape index (κ3) is 3.28. The Morgan fingerprint density at radius 3 is 2.83 bits per heavy atom. The molecule has 0 radical (unpaired) electrons. The van der Waals surface area contributed by atoms with Crippen molar-refractivity contribution in [3.63, 3.8) is 0 Å². The van der Waals surface area contributed by atoms with Crippen LogP contribution in [0.25, 0.3) is 11.0 Å². The van der Waals surface area contributed by atoms with Gasteiger partial charge >= 0.3 is 0 Å². The van der Waals surface area contributed by atoms with Crippen LogP contribution in [0.1, 0.15) is 24.5 Å². The molecule has 4 N–H and O–H groups in total. The number of pyridine rings is 2. The molecule has 124 valence electrons. The first-order chi connectivity index (χ1) is 11.1. The molecule has 1 aliphatic rings. The van der Waals surface area contributed by atoms with Gasteiger partial charge in [-0.15, -0.1) is 0 Å². The third-order valence-corrected chi connectivity index (χ3v) is 4.17. The second-order valence-electron chi connectivity index (χ2n) is 5.77. The first-order valence-corrected chi connectivity index (χ1v) is 7.63. The largest absolute Gasteiger partial charge is 0.481 e. The van der Waals surface area contributed by atoms with Crippen molar-refractivity contribution < 1.29 is 19.7 Å². The van der Waals surface area contributed by atoms with E-state index >= 15 is 0 Å². The molecule has 2 unspecified atom stereocenters. The number of fused-ring (bicyclic) bond motifs is 1. The van der Waals surface area contributed by atoms with Crippen molar-refractivity contribution in [1.29, 1.82) is 0 Å². The summed E-state index contributed by atoms with van der Waals surface area (Å²) < 4.78 is 10.7. The minimum absolute atomic E-state index is 0.0109. The first kappa shape index (κ1) is 16.1. The summed E-state index contributed by atoms with van der Waals surface area (Å²) >= 11 is 0.